The Bertz CT molecular complexity index is 1060. The highest BCUT2D eigenvalue weighted by Gasteiger charge is 2.35. The van der Waals surface area contributed by atoms with Crippen LogP contribution >= 0.6 is 0 Å². The van der Waals surface area contributed by atoms with Gasteiger partial charge in [-0.15, -0.1) is 0 Å². The van der Waals surface area contributed by atoms with Crippen molar-refractivity contribution >= 4 is 12.0 Å². The summed E-state index contributed by atoms with van der Waals surface area (Å²) in [7, 11) is 1.41. The van der Waals surface area contributed by atoms with Gasteiger partial charge in [0.05, 0.1) is 13.5 Å². The van der Waals surface area contributed by atoms with E-state index in [4.69, 9.17) is 4.74 Å². The molecule has 1 unspecified atom stereocenters. The fourth-order valence-electron chi connectivity index (χ4n) is 4.57. The molecule has 0 spiro atoms. The Hall–Kier alpha value is -2.83. The molecule has 0 bridgehead atoms. The van der Waals surface area contributed by atoms with Crippen LogP contribution in [-0.4, -0.2) is 19.6 Å². The van der Waals surface area contributed by atoms with Gasteiger partial charge in [-0.2, -0.15) is 0 Å². The lowest BCUT2D eigenvalue weighted by atomic mass is 9.69. The molecular weight excluding hydrogens is 394 g/mol. The molecule has 3 heteroatoms. The Balaban J connectivity index is 1.61. The van der Waals surface area contributed by atoms with Gasteiger partial charge in [-0.1, -0.05) is 50.5 Å². The lowest BCUT2D eigenvalue weighted by molar-refractivity contribution is -0.139. The van der Waals surface area contributed by atoms with Gasteiger partial charge in [-0.05, 0) is 90.1 Å². The van der Waals surface area contributed by atoms with Gasteiger partial charge < -0.3 is 10.1 Å². The zero-order valence-corrected chi connectivity index (χ0v) is 19.5. The van der Waals surface area contributed by atoms with Crippen LogP contribution in [0, 0.1) is 17.8 Å². The molecule has 2 aromatic rings. The van der Waals surface area contributed by atoms with Crippen molar-refractivity contribution in [1.82, 2.24) is 5.32 Å². The molecule has 0 aromatic heterocycles. The van der Waals surface area contributed by atoms with Crippen molar-refractivity contribution in [3.8, 4) is 11.8 Å². The van der Waals surface area contributed by atoms with Gasteiger partial charge >= 0.3 is 5.97 Å². The van der Waals surface area contributed by atoms with Gasteiger partial charge in [0.25, 0.3) is 0 Å². The summed E-state index contributed by atoms with van der Waals surface area (Å²) in [5.41, 5.74) is 7.01. The summed E-state index contributed by atoms with van der Waals surface area (Å²) in [4.78, 5) is 11.4. The maximum absolute atomic E-state index is 11.4. The molecule has 0 radical (unpaired) electrons. The standard InChI is InChI=1S/C29H33NO2/c1-5-24-16-23(13-8-20-6-9-21(10-7-20)18-27(31)32-4)17-25-28(24)26(14-15-29(25,2)3)30-19-22-11-12-22/h5-7,9-10,16-17,22,26,30H,1,11-12,14-15,18-19H2,2-4H3. The highest BCUT2D eigenvalue weighted by Crippen LogP contribution is 2.44. The third-order valence-corrected chi connectivity index (χ3v) is 6.80. The van der Waals surface area contributed by atoms with E-state index < -0.39 is 0 Å². The predicted molar refractivity (Wildman–Crippen MR) is 130 cm³/mol. The third kappa shape index (κ3) is 5.14. The van der Waals surface area contributed by atoms with E-state index in [0.29, 0.717) is 6.04 Å². The fraction of sp³-hybridized carbons (Fsp3) is 0.414. The molecule has 0 heterocycles. The quantitative estimate of drug-likeness (QED) is 0.485. The van der Waals surface area contributed by atoms with Crippen LogP contribution < -0.4 is 5.32 Å². The van der Waals surface area contributed by atoms with Crippen LogP contribution in [0.1, 0.15) is 79.0 Å². The van der Waals surface area contributed by atoms with Crippen LogP contribution in [0.4, 0.5) is 0 Å². The molecule has 1 fully saturated rings. The van der Waals surface area contributed by atoms with E-state index >= 15 is 0 Å². The summed E-state index contributed by atoms with van der Waals surface area (Å²) in [6.07, 6.45) is 7.32. The molecule has 2 aromatic carbocycles. The topological polar surface area (TPSA) is 38.3 Å². The summed E-state index contributed by atoms with van der Waals surface area (Å²) in [5.74, 6) is 7.28. The maximum Gasteiger partial charge on any atom is 0.309 e. The molecule has 166 valence electrons. The minimum absolute atomic E-state index is 0.123. The van der Waals surface area contributed by atoms with Crippen LogP contribution in [0.25, 0.3) is 6.08 Å². The Morgan fingerprint density at radius 1 is 1.16 bits per heavy atom. The molecule has 2 aliphatic rings. The molecule has 2 aliphatic carbocycles. The Kier molecular flexibility index (Phi) is 6.53. The van der Waals surface area contributed by atoms with Crippen molar-refractivity contribution in [3.05, 3.63) is 76.4 Å². The Labute approximate surface area is 192 Å². The number of fused-ring (bicyclic) bond motifs is 1. The second kappa shape index (κ2) is 9.35. The summed E-state index contributed by atoms with van der Waals surface area (Å²) in [6, 6.07) is 12.6. The SMILES string of the molecule is C=Cc1cc(C#Cc2ccc(CC(=O)OC)cc2)cc2c1C(NCC1CC1)CCC2(C)C. The first-order valence-electron chi connectivity index (χ1n) is 11.6. The van der Waals surface area contributed by atoms with Gasteiger partial charge in [0.2, 0.25) is 0 Å². The first-order valence-corrected chi connectivity index (χ1v) is 11.6. The molecule has 1 N–H and O–H groups in total. The number of hydrogen-bond donors (Lipinski definition) is 1. The number of hydrogen-bond acceptors (Lipinski definition) is 3. The van der Waals surface area contributed by atoms with Gasteiger partial charge in [-0.3, -0.25) is 4.79 Å². The number of methoxy groups -OCH3 is 1. The van der Waals surface area contributed by atoms with Crippen molar-refractivity contribution in [3.63, 3.8) is 0 Å². The number of nitrogens with one attached hydrogen (secondary N) is 1. The smallest absolute Gasteiger partial charge is 0.309 e. The lowest BCUT2D eigenvalue weighted by Crippen LogP contribution is -2.34. The minimum atomic E-state index is -0.234. The van der Waals surface area contributed by atoms with Crippen molar-refractivity contribution < 1.29 is 9.53 Å². The van der Waals surface area contributed by atoms with E-state index in [0.717, 1.165) is 42.0 Å². The number of rotatable bonds is 6. The number of ether oxygens (including phenoxy) is 1. The minimum Gasteiger partial charge on any atom is -0.469 e. The summed E-state index contributed by atoms with van der Waals surface area (Å²) >= 11 is 0. The zero-order valence-electron chi connectivity index (χ0n) is 19.5. The molecule has 4 rings (SSSR count). The zero-order chi connectivity index (χ0) is 22.7. The van der Waals surface area contributed by atoms with E-state index in [1.54, 1.807) is 0 Å². The average Bonchev–Trinajstić information content (AvgIpc) is 3.62. The predicted octanol–water partition coefficient (Wildman–Crippen LogP) is 5.56. The van der Waals surface area contributed by atoms with E-state index in [1.807, 2.05) is 30.3 Å². The number of benzene rings is 2. The van der Waals surface area contributed by atoms with Crippen LogP contribution in [0.2, 0.25) is 0 Å². The second-order valence-corrected chi connectivity index (χ2v) is 9.76. The van der Waals surface area contributed by atoms with E-state index in [9.17, 15) is 4.79 Å². The van der Waals surface area contributed by atoms with Gasteiger partial charge in [0.1, 0.15) is 0 Å². The molecular formula is C29H33NO2. The molecule has 1 saturated carbocycles. The lowest BCUT2D eigenvalue weighted by Gasteiger charge is -2.39. The van der Waals surface area contributed by atoms with E-state index in [2.05, 4.69) is 49.7 Å². The van der Waals surface area contributed by atoms with Gasteiger partial charge in [0, 0.05) is 17.2 Å². The highest BCUT2D eigenvalue weighted by atomic mass is 16.5. The van der Waals surface area contributed by atoms with Gasteiger partial charge in [-0.25, -0.2) is 0 Å². The van der Waals surface area contributed by atoms with E-state index in [-0.39, 0.29) is 17.8 Å². The first kappa shape index (κ1) is 22.4. The monoisotopic (exact) mass is 427 g/mol. The van der Waals surface area contributed by atoms with Crippen LogP contribution in [0.15, 0.2) is 43.0 Å². The van der Waals surface area contributed by atoms with Crippen molar-refractivity contribution in [2.45, 2.75) is 57.4 Å². The number of carbonyl (C=O) groups excluding carboxylic acids is 1. The molecule has 3 nitrogen and oxygen atoms in total. The highest BCUT2D eigenvalue weighted by molar-refractivity contribution is 5.72. The van der Waals surface area contributed by atoms with E-state index in [1.165, 1.54) is 36.6 Å². The largest absolute Gasteiger partial charge is 0.469 e. The fourth-order valence-corrected chi connectivity index (χ4v) is 4.57. The number of esters is 1. The van der Waals surface area contributed by atoms with Gasteiger partial charge in [0.15, 0.2) is 0 Å². The third-order valence-electron chi connectivity index (χ3n) is 6.80. The van der Waals surface area contributed by atoms with Crippen molar-refractivity contribution in [2.24, 2.45) is 5.92 Å². The summed E-state index contributed by atoms with van der Waals surface area (Å²) in [6.45, 7) is 9.92. The average molecular weight is 428 g/mol. The van der Waals surface area contributed by atoms with Crippen molar-refractivity contribution in [1.29, 1.82) is 0 Å². The van der Waals surface area contributed by atoms with Crippen LogP contribution in [-0.2, 0) is 21.4 Å². The number of carbonyl (C=O) groups is 1. The normalized spacial score (nSPS) is 18.8. The Morgan fingerprint density at radius 2 is 1.88 bits per heavy atom. The van der Waals surface area contributed by atoms with Crippen LogP contribution in [0.3, 0.4) is 0 Å². The molecule has 0 saturated heterocycles. The maximum atomic E-state index is 11.4. The first-order chi connectivity index (χ1) is 15.4. The molecule has 32 heavy (non-hydrogen) atoms. The summed E-state index contributed by atoms with van der Waals surface area (Å²) < 4.78 is 4.73. The Morgan fingerprint density at radius 3 is 2.53 bits per heavy atom. The molecule has 0 aliphatic heterocycles. The summed E-state index contributed by atoms with van der Waals surface area (Å²) in [5, 5.41) is 3.84. The second-order valence-electron chi connectivity index (χ2n) is 9.76. The molecule has 1 atom stereocenters. The van der Waals surface area contributed by atoms with Crippen molar-refractivity contribution in [2.75, 3.05) is 13.7 Å². The van der Waals surface area contributed by atoms with Crippen LogP contribution in [0.5, 0.6) is 0 Å². The molecule has 0 amide bonds.